The highest BCUT2D eigenvalue weighted by molar-refractivity contribution is 5.29. The minimum Gasteiger partial charge on any atom is -0.490 e. The highest BCUT2D eigenvalue weighted by Crippen LogP contribution is 2.28. The molecule has 0 amide bonds. The first-order valence-corrected chi connectivity index (χ1v) is 7.06. The summed E-state index contributed by atoms with van der Waals surface area (Å²) in [7, 11) is 1.78. The lowest BCUT2D eigenvalue weighted by Crippen LogP contribution is -2.21. The van der Waals surface area contributed by atoms with Crippen molar-refractivity contribution in [3.05, 3.63) is 29.8 Å². The quantitative estimate of drug-likeness (QED) is 0.746. The fourth-order valence-electron chi connectivity index (χ4n) is 2.02. The predicted molar refractivity (Wildman–Crippen MR) is 73.4 cm³/mol. The topological polar surface area (TPSA) is 30.5 Å². The number of nitrogens with one attached hydrogen (secondary N) is 1. The largest absolute Gasteiger partial charge is 0.490 e. The van der Waals surface area contributed by atoms with Gasteiger partial charge in [0, 0.05) is 12.6 Å². The second kappa shape index (κ2) is 7.13. The first kappa shape index (κ1) is 16.1. The van der Waals surface area contributed by atoms with Crippen LogP contribution in [-0.4, -0.2) is 32.5 Å². The Bertz CT molecular complexity index is 430. The molecule has 1 atom stereocenters. The maximum atomic E-state index is 12.0. The zero-order chi connectivity index (χ0) is 15.3. The van der Waals surface area contributed by atoms with Crippen molar-refractivity contribution in [2.75, 3.05) is 20.3 Å². The van der Waals surface area contributed by atoms with Crippen molar-refractivity contribution in [2.45, 2.75) is 37.6 Å². The summed E-state index contributed by atoms with van der Waals surface area (Å²) < 4.78 is 46.3. The Morgan fingerprint density at radius 1 is 1.24 bits per heavy atom. The molecule has 3 nitrogen and oxygen atoms in total. The number of ether oxygens (including phenoxy) is 2. The molecule has 0 heterocycles. The molecule has 6 heteroatoms. The van der Waals surface area contributed by atoms with Crippen LogP contribution < -0.4 is 10.1 Å². The van der Waals surface area contributed by atoms with Gasteiger partial charge in [0.2, 0.25) is 0 Å². The summed E-state index contributed by atoms with van der Waals surface area (Å²) in [5, 5.41) is 3.09. The summed E-state index contributed by atoms with van der Waals surface area (Å²) in [6.07, 6.45) is -1.21. The molecule has 0 aliphatic heterocycles. The van der Waals surface area contributed by atoms with Gasteiger partial charge in [-0.2, -0.15) is 13.2 Å². The molecule has 1 saturated carbocycles. The molecule has 2 rings (SSSR count). The van der Waals surface area contributed by atoms with E-state index in [-0.39, 0.29) is 12.6 Å². The van der Waals surface area contributed by atoms with E-state index >= 15 is 0 Å². The Labute approximate surface area is 122 Å². The van der Waals surface area contributed by atoms with Crippen LogP contribution in [0.4, 0.5) is 13.2 Å². The fourth-order valence-corrected chi connectivity index (χ4v) is 2.02. The third kappa shape index (κ3) is 5.93. The lowest BCUT2D eigenvalue weighted by atomic mass is 10.0. The molecule has 0 spiro atoms. The van der Waals surface area contributed by atoms with Gasteiger partial charge in [0.15, 0.2) is 0 Å². The SMILES string of the molecule is CNC(CCOCC(F)(F)F)c1ccc(OC2CC2)cc1. The molecule has 1 aromatic carbocycles. The Morgan fingerprint density at radius 2 is 1.90 bits per heavy atom. The van der Waals surface area contributed by atoms with Gasteiger partial charge in [-0.3, -0.25) is 0 Å². The Balaban J connectivity index is 1.79. The zero-order valence-electron chi connectivity index (χ0n) is 12.0. The van der Waals surface area contributed by atoms with E-state index in [0.717, 1.165) is 24.2 Å². The van der Waals surface area contributed by atoms with Crippen molar-refractivity contribution in [1.29, 1.82) is 0 Å². The van der Waals surface area contributed by atoms with E-state index in [4.69, 9.17) is 4.74 Å². The van der Waals surface area contributed by atoms with E-state index in [1.807, 2.05) is 24.3 Å². The van der Waals surface area contributed by atoms with Crippen molar-refractivity contribution in [2.24, 2.45) is 0 Å². The van der Waals surface area contributed by atoms with Gasteiger partial charge in [-0.25, -0.2) is 0 Å². The Hall–Kier alpha value is -1.27. The van der Waals surface area contributed by atoms with Crippen LogP contribution in [0.1, 0.15) is 30.9 Å². The normalized spacial score (nSPS) is 16.8. The van der Waals surface area contributed by atoms with Gasteiger partial charge in [0.05, 0.1) is 6.10 Å². The highest BCUT2D eigenvalue weighted by atomic mass is 19.4. The number of benzene rings is 1. The highest BCUT2D eigenvalue weighted by Gasteiger charge is 2.27. The second-order valence-electron chi connectivity index (χ2n) is 5.18. The van der Waals surface area contributed by atoms with E-state index in [2.05, 4.69) is 10.1 Å². The van der Waals surface area contributed by atoms with Gasteiger partial charge in [0.1, 0.15) is 12.4 Å². The molecule has 0 aromatic heterocycles. The first-order valence-electron chi connectivity index (χ1n) is 7.06. The predicted octanol–water partition coefficient (Wildman–Crippen LogP) is 3.46. The lowest BCUT2D eigenvalue weighted by Gasteiger charge is -2.17. The van der Waals surface area contributed by atoms with E-state index < -0.39 is 12.8 Å². The zero-order valence-corrected chi connectivity index (χ0v) is 12.0. The summed E-state index contributed by atoms with van der Waals surface area (Å²) in [5.74, 6) is 0.837. The van der Waals surface area contributed by atoms with Crippen molar-refractivity contribution >= 4 is 0 Å². The molecule has 1 N–H and O–H groups in total. The summed E-state index contributed by atoms with van der Waals surface area (Å²) in [5.41, 5.74) is 1.01. The summed E-state index contributed by atoms with van der Waals surface area (Å²) in [4.78, 5) is 0. The van der Waals surface area contributed by atoms with Gasteiger partial charge < -0.3 is 14.8 Å². The molecule has 118 valence electrons. The summed E-state index contributed by atoms with van der Waals surface area (Å²) in [6.45, 7) is -1.14. The van der Waals surface area contributed by atoms with Crippen LogP contribution in [0, 0.1) is 0 Å². The molecule has 0 bridgehead atoms. The number of alkyl halides is 3. The van der Waals surface area contributed by atoms with E-state index in [0.29, 0.717) is 12.5 Å². The van der Waals surface area contributed by atoms with Gasteiger partial charge in [-0.1, -0.05) is 12.1 Å². The van der Waals surface area contributed by atoms with E-state index in [9.17, 15) is 13.2 Å². The van der Waals surface area contributed by atoms with Crippen LogP contribution >= 0.6 is 0 Å². The van der Waals surface area contributed by atoms with Crippen molar-refractivity contribution in [3.8, 4) is 5.75 Å². The summed E-state index contributed by atoms with van der Waals surface area (Å²) in [6, 6.07) is 7.63. The number of halogens is 3. The minimum absolute atomic E-state index is 0.0341. The number of rotatable bonds is 8. The van der Waals surface area contributed by atoms with Crippen LogP contribution in [0.15, 0.2) is 24.3 Å². The Kier molecular flexibility index (Phi) is 5.47. The Morgan fingerprint density at radius 3 is 2.43 bits per heavy atom. The molecule has 21 heavy (non-hydrogen) atoms. The van der Waals surface area contributed by atoms with E-state index in [1.54, 1.807) is 7.05 Å². The smallest absolute Gasteiger partial charge is 0.411 e. The van der Waals surface area contributed by atoms with Crippen LogP contribution in [-0.2, 0) is 4.74 Å². The molecule has 1 aromatic rings. The third-order valence-corrected chi connectivity index (χ3v) is 3.27. The van der Waals surface area contributed by atoms with Gasteiger partial charge in [-0.15, -0.1) is 0 Å². The van der Waals surface area contributed by atoms with Gasteiger partial charge in [-0.05, 0) is 44.0 Å². The van der Waals surface area contributed by atoms with Crippen molar-refractivity contribution < 1.29 is 22.6 Å². The molecule has 1 aliphatic carbocycles. The lowest BCUT2D eigenvalue weighted by molar-refractivity contribution is -0.174. The second-order valence-corrected chi connectivity index (χ2v) is 5.18. The standard InChI is InChI=1S/C15H20F3NO2/c1-19-14(8-9-20-10-15(16,17)18)11-2-4-12(5-3-11)21-13-6-7-13/h2-5,13-14,19H,6-10H2,1H3. The summed E-state index contributed by atoms with van der Waals surface area (Å²) >= 11 is 0. The maximum absolute atomic E-state index is 12.0. The van der Waals surface area contributed by atoms with Gasteiger partial charge in [0.25, 0.3) is 0 Å². The molecule has 0 saturated heterocycles. The average molecular weight is 303 g/mol. The fraction of sp³-hybridized carbons (Fsp3) is 0.600. The first-order chi connectivity index (χ1) is 9.98. The molecule has 1 unspecified atom stereocenters. The third-order valence-electron chi connectivity index (χ3n) is 3.27. The van der Waals surface area contributed by atoms with E-state index in [1.165, 1.54) is 0 Å². The monoisotopic (exact) mass is 303 g/mol. The van der Waals surface area contributed by atoms with Crippen LogP contribution in [0.2, 0.25) is 0 Å². The number of hydrogen-bond acceptors (Lipinski definition) is 3. The average Bonchev–Trinajstić information content (AvgIpc) is 3.23. The molecule has 1 aliphatic rings. The van der Waals surface area contributed by atoms with Crippen molar-refractivity contribution in [3.63, 3.8) is 0 Å². The molecule has 0 radical (unpaired) electrons. The molecular formula is C15H20F3NO2. The maximum Gasteiger partial charge on any atom is 0.411 e. The van der Waals surface area contributed by atoms with Crippen LogP contribution in [0.25, 0.3) is 0 Å². The van der Waals surface area contributed by atoms with Crippen LogP contribution in [0.5, 0.6) is 5.75 Å². The minimum atomic E-state index is -4.27. The van der Waals surface area contributed by atoms with Crippen molar-refractivity contribution in [1.82, 2.24) is 5.32 Å². The molecule has 1 fully saturated rings. The van der Waals surface area contributed by atoms with Gasteiger partial charge >= 0.3 is 6.18 Å². The number of hydrogen-bond donors (Lipinski definition) is 1. The molecular weight excluding hydrogens is 283 g/mol. The van der Waals surface area contributed by atoms with Crippen LogP contribution in [0.3, 0.4) is 0 Å².